The summed E-state index contributed by atoms with van der Waals surface area (Å²) in [6, 6.07) is 3.16. The average molecular weight is 403 g/mol. The summed E-state index contributed by atoms with van der Waals surface area (Å²) in [4.78, 5) is 12.8. The number of piperidine rings is 1. The highest BCUT2D eigenvalue weighted by Crippen LogP contribution is 2.66. The summed E-state index contributed by atoms with van der Waals surface area (Å²) < 4.78 is 6.27. The third-order valence-corrected chi connectivity index (χ3v) is 8.55. The normalized spacial score (nSPS) is 48.4. The SMILES string of the molecule is C[N@+]1(CC2CC2O)C(O)C[C@]23c4c5ccc(O)c4O[C@H]2C(=O)CC[C@@]3(O)[C@H]1C5.[CH3-]. The van der Waals surface area contributed by atoms with Gasteiger partial charge in [-0.2, -0.15) is 0 Å². The minimum atomic E-state index is -1.20. The Balaban J connectivity index is 0.00000181. The molecule has 2 heterocycles. The number of likely N-dealkylation sites (N-methyl/N-ethyl adjacent to an activating group) is 1. The van der Waals surface area contributed by atoms with Crippen LogP contribution in [0.1, 0.15) is 36.8 Å². The zero-order valence-electron chi connectivity index (χ0n) is 16.8. The molecular formula is C22H29NO6. The van der Waals surface area contributed by atoms with E-state index in [9.17, 15) is 25.2 Å². The number of ketones is 1. The number of rotatable bonds is 2. The minimum Gasteiger partial charge on any atom is -0.504 e. The predicted octanol–water partition coefficient (Wildman–Crippen LogP) is 0.409. The number of ether oxygens (including phenoxy) is 1. The number of hydrogen-bond acceptors (Lipinski definition) is 6. The first-order valence-electron chi connectivity index (χ1n) is 10.2. The second kappa shape index (κ2) is 5.52. The maximum Gasteiger partial charge on any atom is 0.191 e. The second-order valence-corrected chi connectivity index (χ2v) is 9.80. The number of benzene rings is 1. The molecule has 1 aromatic carbocycles. The van der Waals surface area contributed by atoms with Crippen LogP contribution in [-0.2, 0) is 16.6 Å². The van der Waals surface area contributed by atoms with Crippen molar-refractivity contribution in [3.8, 4) is 11.5 Å². The van der Waals surface area contributed by atoms with Crippen molar-refractivity contribution in [3.63, 3.8) is 0 Å². The molecule has 2 saturated carbocycles. The number of aromatic hydroxyl groups is 1. The number of hydrogen-bond donors (Lipinski definition) is 4. The summed E-state index contributed by atoms with van der Waals surface area (Å²) in [5.41, 5.74) is -0.521. The Morgan fingerprint density at radius 1 is 1.31 bits per heavy atom. The van der Waals surface area contributed by atoms with Gasteiger partial charge in [0, 0.05) is 30.7 Å². The molecule has 7 heteroatoms. The van der Waals surface area contributed by atoms with E-state index in [-0.39, 0.29) is 54.3 Å². The number of nitrogens with zero attached hydrogens (tertiary/aromatic N) is 1. The lowest BCUT2D eigenvalue weighted by molar-refractivity contribution is -0.992. The van der Waals surface area contributed by atoms with E-state index >= 15 is 0 Å². The van der Waals surface area contributed by atoms with Crippen LogP contribution in [0.25, 0.3) is 0 Å². The molecular weight excluding hydrogens is 374 g/mol. The van der Waals surface area contributed by atoms with Crippen LogP contribution >= 0.6 is 0 Å². The van der Waals surface area contributed by atoms with Crippen molar-refractivity contribution < 1.29 is 34.4 Å². The monoisotopic (exact) mass is 403 g/mol. The van der Waals surface area contributed by atoms with Crippen LogP contribution in [0, 0.1) is 13.3 Å². The molecule has 2 aliphatic heterocycles. The standard InChI is InChI=1S/C21H25NO6.CH3/c1-22(9-11-6-14(11)25)15-7-10-2-3-12(23)18-17(10)20(8-16(22)26)19(28-18)13(24)4-5-21(15,20)27;/h2-3,11,14-16,19,25-27H,4-9H2,1H3;1H3/q;-1/p+1/t11?,14?,15-,16?,19+,20+,21-,22-;/m1./s1. The number of phenols is 1. The van der Waals surface area contributed by atoms with Crippen LogP contribution in [-0.4, -0.2) is 74.4 Å². The van der Waals surface area contributed by atoms with Gasteiger partial charge in [0.2, 0.25) is 0 Å². The van der Waals surface area contributed by atoms with E-state index in [4.69, 9.17) is 4.74 Å². The summed E-state index contributed by atoms with van der Waals surface area (Å²) in [6.07, 6.45) is 0.0610. The van der Waals surface area contributed by atoms with Crippen LogP contribution in [0.3, 0.4) is 0 Å². The Morgan fingerprint density at radius 2 is 2.03 bits per heavy atom. The Hall–Kier alpha value is -1.67. The van der Waals surface area contributed by atoms with Gasteiger partial charge in [-0.3, -0.25) is 9.28 Å². The van der Waals surface area contributed by atoms with Gasteiger partial charge in [-0.15, -0.1) is 0 Å². The molecule has 8 atom stereocenters. The Bertz CT molecular complexity index is 919. The largest absolute Gasteiger partial charge is 0.504 e. The molecule has 158 valence electrons. The number of aliphatic hydroxyl groups excluding tert-OH is 2. The van der Waals surface area contributed by atoms with E-state index < -0.39 is 23.3 Å². The number of quaternary nitrogens is 1. The third-order valence-electron chi connectivity index (χ3n) is 8.55. The van der Waals surface area contributed by atoms with Gasteiger partial charge in [-0.05, 0) is 24.5 Å². The minimum absolute atomic E-state index is 0. The van der Waals surface area contributed by atoms with E-state index in [2.05, 4.69) is 0 Å². The lowest BCUT2D eigenvalue weighted by Crippen LogP contribution is -2.83. The highest BCUT2D eigenvalue weighted by Gasteiger charge is 2.78. The molecule has 1 aromatic rings. The molecule has 1 spiro atoms. The van der Waals surface area contributed by atoms with Gasteiger partial charge in [0.05, 0.1) is 25.1 Å². The number of carbonyl (C=O) groups excluding carboxylic acids is 1. The van der Waals surface area contributed by atoms with Crippen LogP contribution in [0.4, 0.5) is 0 Å². The molecule has 3 unspecified atom stereocenters. The molecule has 1 saturated heterocycles. The Labute approximate surface area is 170 Å². The van der Waals surface area contributed by atoms with E-state index in [0.29, 0.717) is 25.1 Å². The zero-order valence-corrected chi connectivity index (χ0v) is 16.8. The van der Waals surface area contributed by atoms with Crippen molar-refractivity contribution in [1.29, 1.82) is 0 Å². The quantitative estimate of drug-likeness (QED) is 0.421. The maximum atomic E-state index is 12.8. The molecule has 2 bridgehead atoms. The van der Waals surface area contributed by atoms with Crippen molar-refractivity contribution in [2.45, 2.75) is 67.6 Å². The fourth-order valence-corrected chi connectivity index (χ4v) is 7.00. The topological polar surface area (TPSA) is 107 Å². The summed E-state index contributed by atoms with van der Waals surface area (Å²) >= 11 is 0. The van der Waals surface area contributed by atoms with Crippen LogP contribution < -0.4 is 4.74 Å². The van der Waals surface area contributed by atoms with E-state index in [1.165, 1.54) is 0 Å². The number of likely N-dealkylation sites (tertiary alicyclic amines) is 1. The molecule has 5 aliphatic rings. The fraction of sp³-hybridized carbons (Fsp3) is 0.636. The van der Waals surface area contributed by atoms with Crippen LogP contribution in [0.2, 0.25) is 0 Å². The average Bonchev–Trinajstić information content (AvgIpc) is 3.19. The van der Waals surface area contributed by atoms with Crippen LogP contribution in [0.15, 0.2) is 12.1 Å². The zero-order chi connectivity index (χ0) is 19.6. The van der Waals surface area contributed by atoms with Gasteiger partial charge in [0.15, 0.2) is 29.6 Å². The molecule has 7 nitrogen and oxygen atoms in total. The molecule has 0 aromatic heterocycles. The van der Waals surface area contributed by atoms with Crippen molar-refractivity contribution in [3.05, 3.63) is 30.7 Å². The summed E-state index contributed by atoms with van der Waals surface area (Å²) in [7, 11) is 1.97. The lowest BCUT2D eigenvalue weighted by atomic mass is 9.48. The predicted molar refractivity (Wildman–Crippen MR) is 103 cm³/mol. The van der Waals surface area contributed by atoms with Gasteiger partial charge in [0.1, 0.15) is 11.6 Å². The first-order chi connectivity index (χ1) is 13.2. The van der Waals surface area contributed by atoms with Crippen molar-refractivity contribution in [2.24, 2.45) is 5.92 Å². The van der Waals surface area contributed by atoms with Crippen molar-refractivity contribution in [2.75, 3.05) is 13.6 Å². The maximum absolute atomic E-state index is 12.8. The number of phenolic OH excluding ortho intramolecular Hbond substituents is 1. The first kappa shape index (κ1) is 19.3. The van der Waals surface area contributed by atoms with Gasteiger partial charge >= 0.3 is 0 Å². The molecule has 6 rings (SSSR count). The number of Topliss-reactive ketones (excluding diaryl/α,β-unsaturated/α-hetero) is 1. The van der Waals surface area contributed by atoms with E-state index in [0.717, 1.165) is 17.5 Å². The lowest BCUT2D eigenvalue weighted by Gasteiger charge is -2.65. The molecule has 3 fully saturated rings. The fourth-order valence-electron chi connectivity index (χ4n) is 7.00. The molecule has 29 heavy (non-hydrogen) atoms. The molecule has 3 aliphatic carbocycles. The molecule has 0 radical (unpaired) electrons. The van der Waals surface area contributed by atoms with Gasteiger partial charge in [-0.25, -0.2) is 0 Å². The summed E-state index contributed by atoms with van der Waals surface area (Å²) in [5, 5.41) is 43.8. The molecule has 0 amide bonds. The third kappa shape index (κ3) is 2.00. The Kier molecular flexibility index (Phi) is 3.67. The number of carbonyl (C=O) groups is 1. The van der Waals surface area contributed by atoms with Gasteiger partial charge in [0.25, 0.3) is 0 Å². The highest BCUT2D eigenvalue weighted by molar-refractivity contribution is 5.90. The van der Waals surface area contributed by atoms with Gasteiger partial charge in [-0.1, -0.05) is 6.07 Å². The van der Waals surface area contributed by atoms with Crippen LogP contribution in [0.5, 0.6) is 11.5 Å². The first-order valence-corrected chi connectivity index (χ1v) is 10.2. The van der Waals surface area contributed by atoms with Gasteiger partial charge < -0.3 is 32.6 Å². The Morgan fingerprint density at radius 3 is 2.72 bits per heavy atom. The summed E-state index contributed by atoms with van der Waals surface area (Å²) in [5.74, 6) is 0.341. The van der Waals surface area contributed by atoms with E-state index in [1.807, 2.05) is 13.1 Å². The highest BCUT2D eigenvalue weighted by atomic mass is 16.5. The second-order valence-electron chi connectivity index (χ2n) is 9.80. The summed E-state index contributed by atoms with van der Waals surface area (Å²) in [6.45, 7) is 0.602. The smallest absolute Gasteiger partial charge is 0.191 e. The van der Waals surface area contributed by atoms with E-state index in [1.54, 1.807) is 6.07 Å². The number of aliphatic hydroxyl groups is 3. The molecule has 4 N–H and O–H groups in total. The van der Waals surface area contributed by atoms with Crippen molar-refractivity contribution in [1.82, 2.24) is 0 Å². The van der Waals surface area contributed by atoms with Crippen molar-refractivity contribution >= 4 is 5.78 Å².